The van der Waals surface area contributed by atoms with E-state index in [9.17, 15) is 0 Å². The van der Waals surface area contributed by atoms with Gasteiger partial charge >= 0.3 is 0 Å². The zero-order valence-electron chi connectivity index (χ0n) is 11.4. The first kappa shape index (κ1) is 14.1. The molecule has 3 heteroatoms. The summed E-state index contributed by atoms with van der Waals surface area (Å²) in [6.07, 6.45) is 0. The number of para-hydroxylation sites is 1. The topological polar surface area (TPSA) is 21.3 Å². The Morgan fingerprint density at radius 2 is 1.74 bits per heavy atom. The van der Waals surface area contributed by atoms with E-state index in [-0.39, 0.29) is 6.04 Å². The lowest BCUT2D eigenvalue weighted by Gasteiger charge is -2.22. The molecule has 0 spiro atoms. The normalized spacial score (nSPS) is 12.2. The molecule has 0 radical (unpaired) electrons. The minimum absolute atomic E-state index is 0.119. The Kier molecular flexibility index (Phi) is 4.61. The molecule has 0 aliphatic carbocycles. The predicted octanol–water partition coefficient (Wildman–Crippen LogP) is 4.07. The highest BCUT2D eigenvalue weighted by atomic mass is 79.9. The smallest absolute Gasteiger partial charge is 0.123 e. The molecule has 1 N–H and O–H groups in total. The van der Waals surface area contributed by atoms with E-state index in [0.717, 1.165) is 15.8 Å². The van der Waals surface area contributed by atoms with Crippen LogP contribution in [0.25, 0.3) is 0 Å². The predicted molar refractivity (Wildman–Crippen MR) is 82.8 cm³/mol. The summed E-state index contributed by atoms with van der Waals surface area (Å²) in [6, 6.07) is 14.5. The van der Waals surface area contributed by atoms with Crippen molar-refractivity contribution in [1.29, 1.82) is 0 Å². The second kappa shape index (κ2) is 6.22. The molecule has 0 saturated carbocycles. The van der Waals surface area contributed by atoms with Gasteiger partial charge in [0.05, 0.1) is 13.2 Å². The van der Waals surface area contributed by atoms with Gasteiger partial charge in [0.15, 0.2) is 0 Å². The number of halogens is 1. The van der Waals surface area contributed by atoms with E-state index in [0.29, 0.717) is 0 Å². The fourth-order valence-corrected chi connectivity index (χ4v) is 2.70. The van der Waals surface area contributed by atoms with Gasteiger partial charge < -0.3 is 10.1 Å². The van der Waals surface area contributed by atoms with E-state index in [1.165, 1.54) is 11.1 Å². The molecule has 2 aromatic rings. The number of ether oxygens (including phenoxy) is 1. The van der Waals surface area contributed by atoms with E-state index >= 15 is 0 Å². The number of hydrogen-bond donors (Lipinski definition) is 1. The first-order valence-electron chi connectivity index (χ1n) is 6.24. The minimum Gasteiger partial charge on any atom is -0.496 e. The summed E-state index contributed by atoms with van der Waals surface area (Å²) in [5, 5.41) is 3.38. The molecule has 0 fully saturated rings. The van der Waals surface area contributed by atoms with Crippen LogP contribution in [-0.2, 0) is 0 Å². The molecule has 0 amide bonds. The molecular weight excluding hydrogens is 302 g/mol. The van der Waals surface area contributed by atoms with Gasteiger partial charge in [-0.15, -0.1) is 0 Å². The number of rotatable bonds is 4. The minimum atomic E-state index is 0.119. The van der Waals surface area contributed by atoms with E-state index < -0.39 is 0 Å². The Hall–Kier alpha value is -1.32. The summed E-state index contributed by atoms with van der Waals surface area (Å²) < 4.78 is 6.59. The molecule has 1 unspecified atom stereocenters. The Morgan fingerprint density at radius 3 is 2.42 bits per heavy atom. The molecule has 2 rings (SSSR count). The molecule has 2 aromatic carbocycles. The lowest BCUT2D eigenvalue weighted by atomic mass is 9.94. The van der Waals surface area contributed by atoms with Crippen molar-refractivity contribution < 1.29 is 4.74 Å². The summed E-state index contributed by atoms with van der Waals surface area (Å²) in [7, 11) is 3.68. The largest absolute Gasteiger partial charge is 0.496 e. The SMILES string of the molecule is CNC(c1ccccc1OC)c1cccc(Br)c1C. The molecule has 0 aliphatic heterocycles. The van der Waals surface area contributed by atoms with Crippen LogP contribution in [0.5, 0.6) is 5.75 Å². The van der Waals surface area contributed by atoms with E-state index in [2.05, 4.69) is 52.4 Å². The zero-order valence-corrected chi connectivity index (χ0v) is 13.0. The number of hydrogen-bond acceptors (Lipinski definition) is 2. The van der Waals surface area contributed by atoms with Gasteiger partial charge in [-0.1, -0.05) is 46.3 Å². The van der Waals surface area contributed by atoms with Crippen LogP contribution in [0.15, 0.2) is 46.9 Å². The molecule has 1 atom stereocenters. The first-order chi connectivity index (χ1) is 9.19. The van der Waals surface area contributed by atoms with Crippen LogP contribution in [0.1, 0.15) is 22.7 Å². The number of methoxy groups -OCH3 is 1. The maximum atomic E-state index is 5.47. The molecular formula is C16H18BrNO. The zero-order chi connectivity index (χ0) is 13.8. The van der Waals surface area contributed by atoms with Crippen LogP contribution in [0.4, 0.5) is 0 Å². The van der Waals surface area contributed by atoms with Crippen LogP contribution >= 0.6 is 15.9 Å². The third kappa shape index (κ3) is 2.82. The van der Waals surface area contributed by atoms with Crippen LogP contribution in [0.3, 0.4) is 0 Å². The van der Waals surface area contributed by atoms with Crippen LogP contribution in [0, 0.1) is 6.92 Å². The van der Waals surface area contributed by atoms with Crippen molar-refractivity contribution >= 4 is 15.9 Å². The van der Waals surface area contributed by atoms with Gasteiger partial charge in [0, 0.05) is 10.0 Å². The summed E-state index contributed by atoms with van der Waals surface area (Å²) in [5.74, 6) is 0.904. The van der Waals surface area contributed by atoms with Crippen molar-refractivity contribution in [1.82, 2.24) is 5.32 Å². The average Bonchev–Trinajstić information content (AvgIpc) is 2.45. The second-order valence-electron chi connectivity index (χ2n) is 4.42. The highest BCUT2D eigenvalue weighted by Gasteiger charge is 2.18. The Morgan fingerprint density at radius 1 is 1.05 bits per heavy atom. The van der Waals surface area contributed by atoms with Crippen molar-refractivity contribution in [2.75, 3.05) is 14.2 Å². The van der Waals surface area contributed by atoms with E-state index in [1.807, 2.05) is 25.2 Å². The van der Waals surface area contributed by atoms with Crippen molar-refractivity contribution in [2.45, 2.75) is 13.0 Å². The van der Waals surface area contributed by atoms with Crippen LogP contribution < -0.4 is 10.1 Å². The van der Waals surface area contributed by atoms with Gasteiger partial charge in [0.2, 0.25) is 0 Å². The van der Waals surface area contributed by atoms with Crippen LogP contribution in [-0.4, -0.2) is 14.2 Å². The third-order valence-corrected chi connectivity index (χ3v) is 4.22. The van der Waals surface area contributed by atoms with Gasteiger partial charge in [0.25, 0.3) is 0 Å². The van der Waals surface area contributed by atoms with E-state index in [1.54, 1.807) is 7.11 Å². The average molecular weight is 320 g/mol. The molecule has 100 valence electrons. The Bertz CT molecular complexity index is 568. The molecule has 19 heavy (non-hydrogen) atoms. The monoisotopic (exact) mass is 319 g/mol. The molecule has 0 heterocycles. The summed E-state index contributed by atoms with van der Waals surface area (Å²) in [5.41, 5.74) is 3.64. The van der Waals surface area contributed by atoms with Gasteiger partial charge in [-0.3, -0.25) is 0 Å². The fourth-order valence-electron chi connectivity index (χ4n) is 2.32. The standard InChI is InChI=1S/C16H18BrNO/c1-11-12(8-6-9-14(11)17)16(18-2)13-7-4-5-10-15(13)19-3/h4-10,16,18H,1-3H3. The fraction of sp³-hybridized carbons (Fsp3) is 0.250. The maximum absolute atomic E-state index is 5.47. The van der Waals surface area contributed by atoms with Crippen molar-refractivity contribution in [3.63, 3.8) is 0 Å². The first-order valence-corrected chi connectivity index (χ1v) is 7.03. The molecule has 0 bridgehead atoms. The van der Waals surface area contributed by atoms with Crippen molar-refractivity contribution in [3.05, 3.63) is 63.6 Å². The lowest BCUT2D eigenvalue weighted by molar-refractivity contribution is 0.405. The van der Waals surface area contributed by atoms with Gasteiger partial charge in [0.1, 0.15) is 5.75 Å². The van der Waals surface area contributed by atoms with Gasteiger partial charge in [-0.25, -0.2) is 0 Å². The van der Waals surface area contributed by atoms with Gasteiger partial charge in [-0.2, -0.15) is 0 Å². The molecule has 0 saturated heterocycles. The van der Waals surface area contributed by atoms with Gasteiger partial charge in [-0.05, 0) is 37.2 Å². The summed E-state index contributed by atoms with van der Waals surface area (Å²) >= 11 is 3.59. The highest BCUT2D eigenvalue weighted by Crippen LogP contribution is 2.33. The van der Waals surface area contributed by atoms with Crippen molar-refractivity contribution in [2.24, 2.45) is 0 Å². The molecule has 0 aromatic heterocycles. The summed E-state index contributed by atoms with van der Waals surface area (Å²) in [4.78, 5) is 0. The Labute approximate surface area is 122 Å². The molecule has 0 aliphatic rings. The number of nitrogens with one attached hydrogen (secondary N) is 1. The quantitative estimate of drug-likeness (QED) is 0.917. The molecule has 2 nitrogen and oxygen atoms in total. The Balaban J connectivity index is 2.53. The second-order valence-corrected chi connectivity index (χ2v) is 5.27. The maximum Gasteiger partial charge on any atom is 0.123 e. The van der Waals surface area contributed by atoms with Crippen LogP contribution in [0.2, 0.25) is 0 Å². The summed E-state index contributed by atoms with van der Waals surface area (Å²) in [6.45, 7) is 2.12. The number of benzene rings is 2. The van der Waals surface area contributed by atoms with Crippen molar-refractivity contribution in [3.8, 4) is 5.75 Å². The highest BCUT2D eigenvalue weighted by molar-refractivity contribution is 9.10. The van der Waals surface area contributed by atoms with E-state index in [4.69, 9.17) is 4.74 Å². The third-order valence-electron chi connectivity index (χ3n) is 3.36. The lowest BCUT2D eigenvalue weighted by Crippen LogP contribution is -2.19.